The molecule has 0 unspecified atom stereocenters. The van der Waals surface area contributed by atoms with Crippen molar-refractivity contribution in [3.05, 3.63) is 12.3 Å². The maximum atomic E-state index is 8.87. The van der Waals surface area contributed by atoms with Crippen LogP contribution in [0, 0.1) is 6.58 Å². The third-order valence-electron chi connectivity index (χ3n) is 4.54. The largest absolute Gasteiger partial charge is 0.512 e. The molecule has 1 radical (unpaired) electrons. The van der Waals surface area contributed by atoms with Crippen molar-refractivity contribution < 1.29 is 5.11 Å². The monoisotopic (exact) mass is 309 g/mol. The van der Waals surface area contributed by atoms with Crippen LogP contribution < -0.4 is 0 Å². The minimum Gasteiger partial charge on any atom is -0.512 e. The van der Waals surface area contributed by atoms with Crippen molar-refractivity contribution >= 4 is 0 Å². The van der Waals surface area contributed by atoms with Crippen LogP contribution in [0.5, 0.6) is 0 Å². The Labute approximate surface area is 140 Å². The second-order valence-corrected chi connectivity index (χ2v) is 6.90. The van der Waals surface area contributed by atoms with E-state index in [1.54, 1.807) is 0 Å². The molecule has 0 fully saturated rings. The van der Waals surface area contributed by atoms with Crippen LogP contribution in [-0.4, -0.2) is 5.11 Å². The molecule has 0 amide bonds. The molecule has 0 aromatic heterocycles. The van der Waals surface area contributed by atoms with Crippen molar-refractivity contribution in [3.63, 3.8) is 0 Å². The number of hydrogen-bond donors (Lipinski definition) is 1. The first-order valence-corrected chi connectivity index (χ1v) is 10.1. The zero-order valence-corrected chi connectivity index (χ0v) is 15.3. The molecule has 0 bridgehead atoms. The molecule has 0 rings (SSSR count). The van der Waals surface area contributed by atoms with E-state index in [9.17, 15) is 0 Å². The van der Waals surface area contributed by atoms with E-state index in [0.717, 1.165) is 6.42 Å². The predicted octanol–water partition coefficient (Wildman–Crippen LogP) is 7.90. The van der Waals surface area contributed by atoms with E-state index >= 15 is 0 Å². The Morgan fingerprint density at radius 3 is 1.09 bits per heavy atom. The number of hydrogen-bond acceptors (Lipinski definition) is 1. The Morgan fingerprint density at radius 2 is 0.818 bits per heavy atom. The van der Waals surface area contributed by atoms with Crippen LogP contribution in [0.1, 0.15) is 122 Å². The molecule has 0 heterocycles. The Hall–Kier alpha value is -0.460. The maximum absolute atomic E-state index is 8.87. The van der Waals surface area contributed by atoms with E-state index in [2.05, 4.69) is 6.92 Å². The third kappa shape index (κ3) is 19.5. The molecule has 0 saturated heterocycles. The molecule has 0 atom stereocenters. The second kappa shape index (κ2) is 18.6. The molecule has 1 nitrogen and oxygen atoms in total. The molecule has 0 aromatic carbocycles. The Morgan fingerprint density at radius 1 is 0.545 bits per heavy atom. The van der Waals surface area contributed by atoms with E-state index in [1.165, 1.54) is 103 Å². The SMILES string of the molecule is [CH]=C(O)CCCCCCCCCCCCCCCCCCC. The van der Waals surface area contributed by atoms with Crippen molar-refractivity contribution in [3.8, 4) is 0 Å². The summed E-state index contributed by atoms with van der Waals surface area (Å²) >= 11 is 0. The van der Waals surface area contributed by atoms with E-state index in [1.807, 2.05) is 0 Å². The van der Waals surface area contributed by atoms with Crippen molar-refractivity contribution in [2.45, 2.75) is 122 Å². The lowest BCUT2D eigenvalue weighted by atomic mass is 10.0. The molecule has 22 heavy (non-hydrogen) atoms. The predicted molar refractivity (Wildman–Crippen MR) is 99.2 cm³/mol. The van der Waals surface area contributed by atoms with Crippen LogP contribution in [0.15, 0.2) is 5.76 Å². The van der Waals surface area contributed by atoms with E-state index in [0.29, 0.717) is 6.42 Å². The van der Waals surface area contributed by atoms with Crippen LogP contribution >= 0.6 is 0 Å². The molecular weight excluding hydrogens is 268 g/mol. The molecule has 1 heteroatoms. The summed E-state index contributed by atoms with van der Waals surface area (Å²) in [5.74, 6) is 0.0981. The summed E-state index contributed by atoms with van der Waals surface area (Å²) in [4.78, 5) is 0. The maximum Gasteiger partial charge on any atom is 0.0923 e. The highest BCUT2D eigenvalue weighted by Crippen LogP contribution is 2.14. The lowest BCUT2D eigenvalue weighted by Gasteiger charge is -2.03. The van der Waals surface area contributed by atoms with Gasteiger partial charge in [0.15, 0.2) is 0 Å². The quantitative estimate of drug-likeness (QED) is 0.201. The number of unbranched alkanes of at least 4 members (excludes halogenated alkanes) is 16. The minimum absolute atomic E-state index is 0.0981. The van der Waals surface area contributed by atoms with Crippen LogP contribution in [-0.2, 0) is 0 Å². The van der Waals surface area contributed by atoms with Gasteiger partial charge in [-0.25, -0.2) is 0 Å². The van der Waals surface area contributed by atoms with Gasteiger partial charge in [0.1, 0.15) is 0 Å². The summed E-state index contributed by atoms with van der Waals surface area (Å²) in [6.07, 6.45) is 24.2. The summed E-state index contributed by atoms with van der Waals surface area (Å²) in [5.41, 5.74) is 0. The molecule has 0 aliphatic rings. The number of allylic oxidation sites excluding steroid dienone is 1. The van der Waals surface area contributed by atoms with E-state index < -0.39 is 0 Å². The van der Waals surface area contributed by atoms with Crippen molar-refractivity contribution in [1.82, 2.24) is 0 Å². The summed E-state index contributed by atoms with van der Waals surface area (Å²) in [6.45, 7) is 7.52. The van der Waals surface area contributed by atoms with Crippen LogP contribution in [0.3, 0.4) is 0 Å². The minimum atomic E-state index is 0.0981. The van der Waals surface area contributed by atoms with Gasteiger partial charge in [0.05, 0.1) is 5.76 Å². The van der Waals surface area contributed by atoms with Gasteiger partial charge in [0, 0.05) is 6.42 Å². The summed E-state index contributed by atoms with van der Waals surface area (Å²) in [5, 5.41) is 8.87. The fraction of sp³-hybridized carbons (Fsp3) is 0.905. The van der Waals surface area contributed by atoms with Crippen LogP contribution in [0.4, 0.5) is 0 Å². The topological polar surface area (TPSA) is 20.2 Å². The van der Waals surface area contributed by atoms with Gasteiger partial charge < -0.3 is 5.11 Å². The first-order chi connectivity index (χ1) is 10.8. The summed E-state index contributed by atoms with van der Waals surface area (Å²) in [6, 6.07) is 0. The molecule has 0 aliphatic heterocycles. The number of aliphatic hydroxyl groups is 1. The standard InChI is InChI=1S/C21H41O/c1-3-4-5-6-7-8-9-10-11-12-13-14-15-16-17-18-19-20-21(2)22/h2,22H,3-20H2,1H3. The van der Waals surface area contributed by atoms with Gasteiger partial charge in [-0.3, -0.25) is 0 Å². The zero-order valence-electron chi connectivity index (χ0n) is 15.3. The smallest absolute Gasteiger partial charge is 0.0923 e. The van der Waals surface area contributed by atoms with Gasteiger partial charge in [-0.1, -0.05) is 110 Å². The Kier molecular flexibility index (Phi) is 18.2. The van der Waals surface area contributed by atoms with E-state index in [4.69, 9.17) is 11.7 Å². The molecule has 131 valence electrons. The average Bonchev–Trinajstić information content (AvgIpc) is 2.50. The molecule has 0 saturated carbocycles. The normalized spacial score (nSPS) is 11.0. The van der Waals surface area contributed by atoms with Gasteiger partial charge in [-0.05, 0) is 13.0 Å². The van der Waals surface area contributed by atoms with Crippen LogP contribution in [0.2, 0.25) is 0 Å². The van der Waals surface area contributed by atoms with Crippen LogP contribution in [0.25, 0.3) is 0 Å². The highest BCUT2D eigenvalue weighted by Gasteiger charge is 1.95. The zero-order chi connectivity index (χ0) is 16.3. The molecule has 0 aliphatic carbocycles. The van der Waals surface area contributed by atoms with Gasteiger partial charge in [-0.2, -0.15) is 0 Å². The molecule has 1 N–H and O–H groups in total. The number of aliphatic hydroxyl groups excluding tert-OH is 1. The second-order valence-electron chi connectivity index (χ2n) is 6.90. The van der Waals surface area contributed by atoms with Gasteiger partial charge in [0.25, 0.3) is 0 Å². The fourth-order valence-corrected chi connectivity index (χ4v) is 3.03. The Bertz CT molecular complexity index is 222. The number of rotatable bonds is 18. The average molecular weight is 310 g/mol. The lowest BCUT2D eigenvalue weighted by molar-refractivity contribution is 0.381. The molecule has 0 aromatic rings. The van der Waals surface area contributed by atoms with Gasteiger partial charge in [0.2, 0.25) is 0 Å². The van der Waals surface area contributed by atoms with Crippen molar-refractivity contribution in [2.24, 2.45) is 0 Å². The third-order valence-corrected chi connectivity index (χ3v) is 4.54. The van der Waals surface area contributed by atoms with Crippen molar-refractivity contribution in [2.75, 3.05) is 0 Å². The first kappa shape index (κ1) is 21.5. The lowest BCUT2D eigenvalue weighted by Crippen LogP contribution is -1.84. The van der Waals surface area contributed by atoms with E-state index in [-0.39, 0.29) is 5.76 Å². The van der Waals surface area contributed by atoms with Gasteiger partial charge >= 0.3 is 0 Å². The summed E-state index contributed by atoms with van der Waals surface area (Å²) in [7, 11) is 0. The highest BCUT2D eigenvalue weighted by atomic mass is 16.3. The molecule has 0 spiro atoms. The highest BCUT2D eigenvalue weighted by molar-refractivity contribution is 4.73. The Balaban J connectivity index is 2.95. The van der Waals surface area contributed by atoms with Gasteiger partial charge in [-0.15, -0.1) is 0 Å². The first-order valence-electron chi connectivity index (χ1n) is 10.1. The molecular formula is C21H41O. The van der Waals surface area contributed by atoms with Crippen molar-refractivity contribution in [1.29, 1.82) is 0 Å². The fourth-order valence-electron chi connectivity index (χ4n) is 3.03. The summed E-state index contributed by atoms with van der Waals surface area (Å²) < 4.78 is 0.